The Bertz CT molecular complexity index is 886. The first-order valence-electron chi connectivity index (χ1n) is 12.1. The molecule has 2 saturated heterocycles. The summed E-state index contributed by atoms with van der Waals surface area (Å²) in [4.78, 5) is 14.2. The quantitative estimate of drug-likeness (QED) is 0.503. The molecule has 1 N–H and O–H groups in total. The van der Waals surface area contributed by atoms with Crippen LogP contribution in [0, 0.1) is 17.2 Å². The van der Waals surface area contributed by atoms with E-state index in [1.807, 2.05) is 7.05 Å². The zero-order chi connectivity index (χ0) is 23.3. The highest BCUT2D eigenvalue weighted by molar-refractivity contribution is 6.03. The van der Waals surface area contributed by atoms with Gasteiger partial charge in [0.15, 0.2) is 0 Å². The molecule has 6 heteroatoms. The van der Waals surface area contributed by atoms with Gasteiger partial charge in [0, 0.05) is 19.6 Å². The number of pyridine rings is 1. The van der Waals surface area contributed by atoms with Crippen LogP contribution in [-0.4, -0.2) is 55.5 Å². The summed E-state index contributed by atoms with van der Waals surface area (Å²) in [5.41, 5.74) is 1.97. The fraction of sp³-hybridized carbons (Fsp3) is 0.654. The van der Waals surface area contributed by atoms with Crippen molar-refractivity contribution in [2.75, 3.05) is 43.9 Å². The van der Waals surface area contributed by atoms with Gasteiger partial charge in [0.1, 0.15) is 17.5 Å². The summed E-state index contributed by atoms with van der Waals surface area (Å²) in [6, 6.07) is 7.41. The van der Waals surface area contributed by atoms with Gasteiger partial charge in [-0.1, -0.05) is 26.3 Å². The molecule has 3 heterocycles. The molecule has 32 heavy (non-hydrogen) atoms. The molecule has 2 fully saturated rings. The van der Waals surface area contributed by atoms with Gasteiger partial charge in [-0.05, 0) is 88.9 Å². The van der Waals surface area contributed by atoms with Crippen molar-refractivity contribution in [3.05, 3.63) is 29.3 Å². The van der Waals surface area contributed by atoms with Gasteiger partial charge >= 0.3 is 0 Å². The van der Waals surface area contributed by atoms with Crippen LogP contribution in [0.3, 0.4) is 0 Å². The van der Waals surface area contributed by atoms with Gasteiger partial charge < -0.3 is 15.1 Å². The Morgan fingerprint density at radius 1 is 1.34 bits per heavy atom. The second kappa shape index (κ2) is 10.5. The lowest BCUT2D eigenvalue weighted by atomic mass is 9.74. The van der Waals surface area contributed by atoms with Gasteiger partial charge in [-0.3, -0.25) is 4.99 Å². The Kier molecular flexibility index (Phi) is 7.95. The maximum Gasteiger partial charge on any atom is 0.134 e. The zero-order valence-corrected chi connectivity index (χ0v) is 20.8. The van der Waals surface area contributed by atoms with Crippen LogP contribution in [-0.2, 0) is 5.41 Å². The fourth-order valence-electron chi connectivity index (χ4n) is 4.88. The smallest absolute Gasteiger partial charge is 0.134 e. The lowest BCUT2D eigenvalue weighted by Crippen LogP contribution is -2.40. The van der Waals surface area contributed by atoms with E-state index in [9.17, 15) is 5.26 Å². The second-order valence-corrected chi connectivity index (χ2v) is 9.74. The van der Waals surface area contributed by atoms with Crippen LogP contribution in [0.1, 0.15) is 65.4 Å². The number of nitrogens with zero attached hydrogens (tertiary/aromatic N) is 5. The highest BCUT2D eigenvalue weighted by Crippen LogP contribution is 2.38. The van der Waals surface area contributed by atoms with E-state index in [0.29, 0.717) is 12.0 Å². The summed E-state index contributed by atoms with van der Waals surface area (Å²) in [7, 11) is 3.95. The molecule has 174 valence electrons. The highest BCUT2D eigenvalue weighted by Gasteiger charge is 2.37. The topological polar surface area (TPSA) is 67.6 Å². The van der Waals surface area contributed by atoms with Crippen molar-refractivity contribution < 1.29 is 0 Å². The SMILES string of the molecule is CC/C(=C\C(=NC)Nc1cc(C2(C#N)CCN(C)CC2)cc(N2CCCC2C)n1)C(C)C. The molecule has 0 amide bonds. The van der Waals surface area contributed by atoms with Crippen LogP contribution in [0.15, 0.2) is 28.8 Å². The van der Waals surface area contributed by atoms with Crippen molar-refractivity contribution in [3.8, 4) is 6.07 Å². The zero-order valence-electron chi connectivity index (χ0n) is 20.8. The molecular weight excluding hydrogens is 396 g/mol. The molecule has 6 nitrogen and oxygen atoms in total. The Morgan fingerprint density at radius 3 is 2.59 bits per heavy atom. The van der Waals surface area contributed by atoms with Crippen LogP contribution in [0.4, 0.5) is 11.6 Å². The molecule has 1 atom stereocenters. The van der Waals surface area contributed by atoms with Gasteiger partial charge in [0.2, 0.25) is 0 Å². The Morgan fingerprint density at radius 2 is 2.06 bits per heavy atom. The van der Waals surface area contributed by atoms with Crippen LogP contribution in [0.2, 0.25) is 0 Å². The minimum atomic E-state index is -0.463. The number of anilines is 2. The molecule has 0 radical (unpaired) electrons. The summed E-state index contributed by atoms with van der Waals surface area (Å²) in [6.07, 6.45) is 7.20. The Labute approximate surface area is 194 Å². The number of amidine groups is 1. The number of rotatable bonds is 6. The van der Waals surface area contributed by atoms with E-state index >= 15 is 0 Å². The number of aromatic nitrogens is 1. The molecule has 0 aromatic carbocycles. The molecule has 0 aliphatic carbocycles. The largest absolute Gasteiger partial charge is 0.354 e. The van der Waals surface area contributed by atoms with Crippen LogP contribution < -0.4 is 10.2 Å². The minimum Gasteiger partial charge on any atom is -0.354 e. The average molecular weight is 437 g/mol. The maximum absolute atomic E-state index is 10.3. The number of nitrogens with one attached hydrogen (secondary N) is 1. The molecule has 0 saturated carbocycles. The lowest BCUT2D eigenvalue weighted by molar-refractivity contribution is 0.222. The number of allylic oxidation sites excluding steroid dienone is 1. The van der Waals surface area contributed by atoms with Crippen molar-refractivity contribution in [2.45, 2.75) is 71.3 Å². The van der Waals surface area contributed by atoms with Gasteiger partial charge in [-0.2, -0.15) is 5.26 Å². The average Bonchev–Trinajstić information content (AvgIpc) is 3.22. The summed E-state index contributed by atoms with van der Waals surface area (Å²) < 4.78 is 0. The van der Waals surface area contributed by atoms with Crippen molar-refractivity contribution in [3.63, 3.8) is 0 Å². The van der Waals surface area contributed by atoms with Crippen molar-refractivity contribution in [1.29, 1.82) is 5.26 Å². The summed E-state index contributed by atoms with van der Waals surface area (Å²) >= 11 is 0. The summed E-state index contributed by atoms with van der Waals surface area (Å²) in [5, 5.41) is 13.7. The van der Waals surface area contributed by atoms with Gasteiger partial charge in [-0.15, -0.1) is 0 Å². The van der Waals surface area contributed by atoms with Crippen molar-refractivity contribution in [2.24, 2.45) is 10.9 Å². The van der Waals surface area contributed by atoms with E-state index in [1.54, 1.807) is 0 Å². The first kappa shape index (κ1) is 24.3. The normalized spacial score (nSPS) is 22.3. The number of hydrogen-bond donors (Lipinski definition) is 1. The molecule has 1 unspecified atom stereocenters. The van der Waals surface area contributed by atoms with E-state index in [2.05, 4.69) is 79.1 Å². The third kappa shape index (κ3) is 5.32. The van der Waals surface area contributed by atoms with E-state index in [0.717, 1.165) is 61.9 Å². The second-order valence-electron chi connectivity index (χ2n) is 9.74. The number of aliphatic imine (C=N–C) groups is 1. The molecular formula is C26H40N6. The van der Waals surface area contributed by atoms with Crippen LogP contribution in [0.25, 0.3) is 0 Å². The van der Waals surface area contributed by atoms with E-state index in [1.165, 1.54) is 18.4 Å². The van der Waals surface area contributed by atoms with Gasteiger partial charge in [0.25, 0.3) is 0 Å². The third-order valence-corrected chi connectivity index (χ3v) is 7.24. The van der Waals surface area contributed by atoms with Crippen molar-refractivity contribution >= 4 is 17.5 Å². The third-order valence-electron chi connectivity index (χ3n) is 7.24. The molecule has 3 rings (SSSR count). The molecule has 1 aromatic heterocycles. The molecule has 1 aromatic rings. The van der Waals surface area contributed by atoms with Gasteiger partial charge in [0.05, 0.1) is 11.5 Å². The van der Waals surface area contributed by atoms with E-state index in [4.69, 9.17) is 4.98 Å². The van der Waals surface area contributed by atoms with Gasteiger partial charge in [-0.25, -0.2) is 4.98 Å². The first-order chi connectivity index (χ1) is 15.3. The first-order valence-corrected chi connectivity index (χ1v) is 12.1. The maximum atomic E-state index is 10.3. The molecule has 2 aliphatic rings. The van der Waals surface area contributed by atoms with Crippen molar-refractivity contribution in [1.82, 2.24) is 9.88 Å². The Hall–Kier alpha value is -2.39. The Balaban J connectivity index is 2.02. The standard InChI is InChI=1S/C26H40N6/c1-7-21(19(2)3)15-23(28-5)29-24-16-22(26(18-27)10-13-31(6)14-11-26)17-25(30-24)32-12-8-9-20(32)4/h15-17,19-20H,7-14H2,1-6H3,(H,28,29,30)/b21-15+. The predicted molar refractivity (Wildman–Crippen MR) is 134 cm³/mol. The lowest BCUT2D eigenvalue weighted by Gasteiger charge is -2.36. The van der Waals surface area contributed by atoms with Crippen LogP contribution >= 0.6 is 0 Å². The number of hydrogen-bond acceptors (Lipinski definition) is 5. The summed E-state index contributed by atoms with van der Waals surface area (Å²) in [5.74, 6) is 3.04. The summed E-state index contributed by atoms with van der Waals surface area (Å²) in [6.45, 7) is 11.8. The van der Waals surface area contributed by atoms with E-state index in [-0.39, 0.29) is 0 Å². The van der Waals surface area contributed by atoms with Crippen LogP contribution in [0.5, 0.6) is 0 Å². The number of nitriles is 1. The fourth-order valence-corrected chi connectivity index (χ4v) is 4.88. The number of piperidine rings is 1. The predicted octanol–water partition coefficient (Wildman–Crippen LogP) is 4.99. The van der Waals surface area contributed by atoms with E-state index < -0.39 is 5.41 Å². The molecule has 2 aliphatic heterocycles. The minimum absolute atomic E-state index is 0.463. The molecule has 0 bridgehead atoms. The highest BCUT2D eigenvalue weighted by atomic mass is 15.2. The number of likely N-dealkylation sites (tertiary alicyclic amines) is 1. The monoisotopic (exact) mass is 436 g/mol. The molecule has 0 spiro atoms.